The highest BCUT2D eigenvalue weighted by Gasteiger charge is 2.36. The third kappa shape index (κ3) is 1.66. The molecule has 0 aliphatic heterocycles. The largest absolute Gasteiger partial charge is 0.268 e. The summed E-state index contributed by atoms with van der Waals surface area (Å²) in [6.45, 7) is 4.67. The van der Waals surface area contributed by atoms with Crippen molar-refractivity contribution < 1.29 is 0 Å². The van der Waals surface area contributed by atoms with E-state index in [-0.39, 0.29) is 0 Å². The van der Waals surface area contributed by atoms with Gasteiger partial charge >= 0.3 is 0 Å². The average Bonchev–Trinajstić information content (AvgIpc) is 2.56. The van der Waals surface area contributed by atoms with Crippen molar-refractivity contribution in [2.75, 3.05) is 0 Å². The highest BCUT2D eigenvalue weighted by molar-refractivity contribution is 9.10. The molecule has 1 saturated carbocycles. The lowest BCUT2D eigenvalue weighted by atomic mass is 9.87. The Morgan fingerprint density at radius 2 is 2.38 bits per heavy atom. The molecule has 2 rings (SSSR count). The first-order chi connectivity index (χ1) is 6.09. The first kappa shape index (κ1) is 9.25. The van der Waals surface area contributed by atoms with Crippen molar-refractivity contribution in [3.05, 3.63) is 16.9 Å². The van der Waals surface area contributed by atoms with Gasteiger partial charge in [0.2, 0.25) is 0 Å². The maximum absolute atomic E-state index is 4.42. The van der Waals surface area contributed by atoms with Crippen LogP contribution in [0.1, 0.15) is 39.2 Å². The van der Waals surface area contributed by atoms with Crippen molar-refractivity contribution in [2.45, 2.75) is 39.2 Å². The highest BCUT2D eigenvalue weighted by Crippen LogP contribution is 2.45. The van der Waals surface area contributed by atoms with Crippen molar-refractivity contribution in [1.82, 2.24) is 9.78 Å². The Kier molecular flexibility index (Phi) is 2.22. The van der Waals surface area contributed by atoms with E-state index in [1.54, 1.807) is 0 Å². The van der Waals surface area contributed by atoms with Crippen molar-refractivity contribution >= 4 is 15.9 Å². The molecule has 1 aliphatic rings. The van der Waals surface area contributed by atoms with E-state index in [1.807, 2.05) is 6.07 Å². The van der Waals surface area contributed by atoms with E-state index in [1.165, 1.54) is 19.3 Å². The molecule has 13 heavy (non-hydrogen) atoms. The van der Waals surface area contributed by atoms with Crippen LogP contribution in [-0.4, -0.2) is 9.78 Å². The molecule has 1 unspecified atom stereocenters. The zero-order valence-corrected chi connectivity index (χ0v) is 9.71. The Balaban J connectivity index is 2.26. The fourth-order valence-corrected chi connectivity index (χ4v) is 2.59. The van der Waals surface area contributed by atoms with Gasteiger partial charge in [-0.1, -0.05) is 20.3 Å². The molecular formula is C10H15BrN2. The predicted molar refractivity (Wildman–Crippen MR) is 56.6 cm³/mol. The third-order valence-corrected chi connectivity index (χ3v) is 3.52. The van der Waals surface area contributed by atoms with Crippen LogP contribution in [0.15, 0.2) is 16.9 Å². The first-order valence-electron chi connectivity index (χ1n) is 4.80. The lowest BCUT2D eigenvalue weighted by Gasteiger charge is -2.26. The minimum Gasteiger partial charge on any atom is -0.268 e. The van der Waals surface area contributed by atoms with Crippen molar-refractivity contribution in [3.8, 4) is 0 Å². The summed E-state index contributed by atoms with van der Waals surface area (Å²) in [5.41, 5.74) is 0.408. The molecule has 0 aromatic carbocycles. The quantitative estimate of drug-likeness (QED) is 0.739. The molecular weight excluding hydrogens is 228 g/mol. The predicted octanol–water partition coefficient (Wildman–Crippen LogP) is 3.40. The minimum absolute atomic E-state index is 0.408. The average molecular weight is 243 g/mol. The Labute approximate surface area is 87.5 Å². The molecule has 0 radical (unpaired) electrons. The third-order valence-electron chi connectivity index (χ3n) is 3.10. The van der Waals surface area contributed by atoms with Gasteiger partial charge in [-0.05, 0) is 40.3 Å². The Hall–Kier alpha value is -0.310. The van der Waals surface area contributed by atoms with Crippen LogP contribution in [-0.2, 0) is 0 Å². The molecule has 72 valence electrons. The van der Waals surface area contributed by atoms with Crippen molar-refractivity contribution in [2.24, 2.45) is 5.41 Å². The van der Waals surface area contributed by atoms with Gasteiger partial charge in [0.25, 0.3) is 0 Å². The second kappa shape index (κ2) is 3.12. The van der Waals surface area contributed by atoms with Crippen molar-refractivity contribution in [3.63, 3.8) is 0 Å². The second-order valence-electron chi connectivity index (χ2n) is 4.52. The summed E-state index contributed by atoms with van der Waals surface area (Å²) in [4.78, 5) is 0. The molecule has 0 bridgehead atoms. The summed E-state index contributed by atoms with van der Waals surface area (Å²) in [5, 5.41) is 4.42. The van der Waals surface area contributed by atoms with Crippen molar-refractivity contribution in [1.29, 1.82) is 0 Å². The van der Waals surface area contributed by atoms with Crippen LogP contribution < -0.4 is 0 Å². The van der Waals surface area contributed by atoms with Crippen LogP contribution in [0, 0.1) is 5.41 Å². The van der Waals surface area contributed by atoms with Gasteiger partial charge in [0.1, 0.15) is 4.60 Å². The van der Waals surface area contributed by atoms with Crippen LogP contribution in [0.25, 0.3) is 0 Å². The SMILES string of the molecule is CC1(C)CCCC1n1ccc(Br)n1. The van der Waals surface area contributed by atoms with E-state index in [0.29, 0.717) is 11.5 Å². The van der Waals surface area contributed by atoms with E-state index in [4.69, 9.17) is 0 Å². The normalized spacial score (nSPS) is 26.5. The van der Waals surface area contributed by atoms with E-state index in [9.17, 15) is 0 Å². The molecule has 1 atom stereocenters. The standard InChI is InChI=1S/C10H15BrN2/c1-10(2)6-3-4-8(10)13-7-5-9(11)12-13/h5,7-8H,3-4,6H2,1-2H3. The molecule has 1 heterocycles. The zero-order chi connectivity index (χ0) is 9.47. The first-order valence-corrected chi connectivity index (χ1v) is 5.59. The van der Waals surface area contributed by atoms with Gasteiger partial charge in [-0.3, -0.25) is 4.68 Å². The molecule has 0 spiro atoms. The number of halogens is 1. The molecule has 0 saturated heterocycles. The summed E-state index contributed by atoms with van der Waals surface area (Å²) >= 11 is 3.38. The van der Waals surface area contributed by atoms with E-state index >= 15 is 0 Å². The molecule has 1 aromatic rings. The topological polar surface area (TPSA) is 17.8 Å². The second-order valence-corrected chi connectivity index (χ2v) is 5.33. The Bertz CT molecular complexity index is 304. The van der Waals surface area contributed by atoms with Crippen LogP contribution in [0.3, 0.4) is 0 Å². The summed E-state index contributed by atoms with van der Waals surface area (Å²) < 4.78 is 3.05. The Morgan fingerprint density at radius 1 is 1.62 bits per heavy atom. The van der Waals surface area contributed by atoms with Crippen LogP contribution in [0.2, 0.25) is 0 Å². The molecule has 2 nitrogen and oxygen atoms in total. The van der Waals surface area contributed by atoms with Gasteiger partial charge in [-0.15, -0.1) is 0 Å². The number of hydrogen-bond acceptors (Lipinski definition) is 1. The molecule has 0 N–H and O–H groups in total. The van der Waals surface area contributed by atoms with E-state index in [2.05, 4.69) is 45.8 Å². The number of aromatic nitrogens is 2. The maximum Gasteiger partial charge on any atom is 0.128 e. The van der Waals surface area contributed by atoms with Gasteiger partial charge in [0.15, 0.2) is 0 Å². The minimum atomic E-state index is 0.408. The van der Waals surface area contributed by atoms with Gasteiger partial charge in [-0.2, -0.15) is 5.10 Å². The highest BCUT2D eigenvalue weighted by atomic mass is 79.9. The van der Waals surface area contributed by atoms with E-state index in [0.717, 1.165) is 4.60 Å². The lowest BCUT2D eigenvalue weighted by Crippen LogP contribution is -2.21. The summed E-state index contributed by atoms with van der Waals surface area (Å²) in [5.74, 6) is 0. The maximum atomic E-state index is 4.42. The molecule has 1 aliphatic carbocycles. The number of rotatable bonds is 1. The molecule has 1 fully saturated rings. The summed E-state index contributed by atoms with van der Waals surface area (Å²) in [6, 6.07) is 2.59. The van der Waals surface area contributed by atoms with Gasteiger partial charge in [0.05, 0.1) is 6.04 Å². The van der Waals surface area contributed by atoms with Crippen LogP contribution in [0.5, 0.6) is 0 Å². The lowest BCUT2D eigenvalue weighted by molar-refractivity contribution is 0.243. The Morgan fingerprint density at radius 3 is 2.85 bits per heavy atom. The van der Waals surface area contributed by atoms with Gasteiger partial charge in [-0.25, -0.2) is 0 Å². The fraction of sp³-hybridized carbons (Fsp3) is 0.700. The molecule has 0 amide bonds. The number of hydrogen-bond donors (Lipinski definition) is 0. The van der Waals surface area contributed by atoms with Crippen LogP contribution >= 0.6 is 15.9 Å². The van der Waals surface area contributed by atoms with Gasteiger partial charge < -0.3 is 0 Å². The molecule has 3 heteroatoms. The molecule has 1 aromatic heterocycles. The summed E-state index contributed by atoms with van der Waals surface area (Å²) in [6.07, 6.45) is 5.98. The van der Waals surface area contributed by atoms with E-state index < -0.39 is 0 Å². The monoisotopic (exact) mass is 242 g/mol. The van der Waals surface area contributed by atoms with Gasteiger partial charge in [0, 0.05) is 6.20 Å². The van der Waals surface area contributed by atoms with Crippen LogP contribution in [0.4, 0.5) is 0 Å². The fourth-order valence-electron chi connectivity index (χ4n) is 2.29. The smallest absolute Gasteiger partial charge is 0.128 e. The summed E-state index contributed by atoms with van der Waals surface area (Å²) in [7, 11) is 0. The number of nitrogens with zero attached hydrogens (tertiary/aromatic N) is 2. The zero-order valence-electron chi connectivity index (χ0n) is 8.13.